The van der Waals surface area contributed by atoms with Crippen molar-refractivity contribution < 1.29 is 4.79 Å². The van der Waals surface area contributed by atoms with Crippen molar-refractivity contribution >= 4 is 51.4 Å². The number of nitrogens with one attached hydrogen (secondary N) is 1. The molecule has 1 amide bonds. The van der Waals surface area contributed by atoms with E-state index in [1.807, 2.05) is 36.4 Å². The summed E-state index contributed by atoms with van der Waals surface area (Å²) >= 11 is 12.1. The SMILES string of the molecule is Nc1c(Cl)cc(NC(=O)c2cc(-c3ccncc3)nc3ccccc23)cc1Cl. The molecule has 138 valence electrons. The number of carbonyl (C=O) groups is 1. The Kier molecular flexibility index (Phi) is 4.86. The number of nitrogens with two attached hydrogens (primary N) is 1. The molecule has 2 aromatic carbocycles. The molecule has 0 spiro atoms. The number of nitrogens with zero attached hydrogens (tertiary/aromatic N) is 2. The molecule has 0 fully saturated rings. The lowest BCUT2D eigenvalue weighted by molar-refractivity contribution is 0.102. The lowest BCUT2D eigenvalue weighted by Crippen LogP contribution is -2.13. The van der Waals surface area contributed by atoms with Crippen LogP contribution in [0.4, 0.5) is 11.4 Å². The minimum absolute atomic E-state index is 0.274. The number of para-hydroxylation sites is 1. The summed E-state index contributed by atoms with van der Waals surface area (Å²) in [5.41, 5.74) is 9.25. The molecule has 4 aromatic rings. The summed E-state index contributed by atoms with van der Waals surface area (Å²) in [6, 6.07) is 16.0. The monoisotopic (exact) mass is 408 g/mol. The molecule has 0 unspecified atom stereocenters. The summed E-state index contributed by atoms with van der Waals surface area (Å²) in [4.78, 5) is 21.7. The van der Waals surface area contributed by atoms with E-state index in [0.29, 0.717) is 16.9 Å². The quantitative estimate of drug-likeness (QED) is 0.442. The Morgan fingerprint density at radius 2 is 1.64 bits per heavy atom. The molecular formula is C21H14Cl2N4O. The number of fused-ring (bicyclic) bond motifs is 1. The van der Waals surface area contributed by atoms with Gasteiger partial charge in [-0.2, -0.15) is 0 Å². The molecule has 0 atom stereocenters. The van der Waals surface area contributed by atoms with Crippen molar-refractivity contribution in [2.24, 2.45) is 0 Å². The topological polar surface area (TPSA) is 80.9 Å². The highest BCUT2D eigenvalue weighted by molar-refractivity contribution is 6.39. The minimum atomic E-state index is -0.300. The van der Waals surface area contributed by atoms with Gasteiger partial charge in [-0.25, -0.2) is 4.98 Å². The van der Waals surface area contributed by atoms with Crippen molar-refractivity contribution in [2.75, 3.05) is 11.1 Å². The maximum absolute atomic E-state index is 13.1. The largest absolute Gasteiger partial charge is 0.396 e. The molecule has 0 saturated heterocycles. The van der Waals surface area contributed by atoms with Gasteiger partial charge in [0.05, 0.1) is 32.5 Å². The average Bonchev–Trinajstić information content (AvgIpc) is 2.71. The third kappa shape index (κ3) is 3.50. The van der Waals surface area contributed by atoms with Gasteiger partial charge in [0.2, 0.25) is 0 Å². The summed E-state index contributed by atoms with van der Waals surface area (Å²) in [6.07, 6.45) is 3.37. The van der Waals surface area contributed by atoms with Crippen LogP contribution in [0.2, 0.25) is 10.0 Å². The standard InChI is InChI=1S/C21H14Cl2N4O/c22-16-9-13(10-17(23)20(16)24)26-21(28)15-11-19(12-5-7-25-8-6-12)27-18-4-2-1-3-14(15)18/h1-11H,24H2,(H,26,28). The Morgan fingerprint density at radius 3 is 2.36 bits per heavy atom. The predicted octanol–water partition coefficient (Wildman–Crippen LogP) is 5.44. The molecule has 5 nitrogen and oxygen atoms in total. The molecule has 0 radical (unpaired) electrons. The first-order chi connectivity index (χ1) is 13.5. The Bertz CT molecular complexity index is 1170. The van der Waals surface area contributed by atoms with Gasteiger partial charge in [0.1, 0.15) is 0 Å². The highest BCUT2D eigenvalue weighted by Gasteiger charge is 2.15. The van der Waals surface area contributed by atoms with Crippen LogP contribution in [-0.4, -0.2) is 15.9 Å². The fourth-order valence-corrected chi connectivity index (χ4v) is 3.38. The highest BCUT2D eigenvalue weighted by Crippen LogP contribution is 2.32. The van der Waals surface area contributed by atoms with Gasteiger partial charge in [-0.1, -0.05) is 41.4 Å². The van der Waals surface area contributed by atoms with E-state index in [0.717, 1.165) is 16.5 Å². The van der Waals surface area contributed by atoms with E-state index in [1.165, 1.54) is 0 Å². The van der Waals surface area contributed by atoms with Crippen LogP contribution in [0.3, 0.4) is 0 Å². The zero-order valence-electron chi connectivity index (χ0n) is 14.5. The lowest BCUT2D eigenvalue weighted by Gasteiger charge is -2.12. The average molecular weight is 409 g/mol. The molecule has 0 bridgehead atoms. The van der Waals surface area contributed by atoms with Gasteiger partial charge in [-0.3, -0.25) is 9.78 Å². The summed E-state index contributed by atoms with van der Waals surface area (Å²) < 4.78 is 0. The lowest BCUT2D eigenvalue weighted by atomic mass is 10.0. The number of amides is 1. The molecular weight excluding hydrogens is 395 g/mol. The molecule has 2 aromatic heterocycles. The van der Waals surface area contributed by atoms with E-state index >= 15 is 0 Å². The second-order valence-electron chi connectivity index (χ2n) is 6.12. The van der Waals surface area contributed by atoms with E-state index in [1.54, 1.807) is 30.6 Å². The number of hydrogen-bond donors (Lipinski definition) is 2. The number of halogens is 2. The summed E-state index contributed by atoms with van der Waals surface area (Å²) in [6.45, 7) is 0. The van der Waals surface area contributed by atoms with Crippen LogP contribution < -0.4 is 11.1 Å². The molecule has 0 aliphatic rings. The molecule has 0 saturated carbocycles. The fraction of sp³-hybridized carbons (Fsp3) is 0. The van der Waals surface area contributed by atoms with Crippen LogP contribution in [0, 0.1) is 0 Å². The Morgan fingerprint density at radius 1 is 0.964 bits per heavy atom. The van der Waals surface area contributed by atoms with Crippen LogP contribution in [0.15, 0.2) is 67.0 Å². The maximum Gasteiger partial charge on any atom is 0.256 e. The van der Waals surface area contributed by atoms with Crippen LogP contribution in [0.5, 0.6) is 0 Å². The van der Waals surface area contributed by atoms with Crippen LogP contribution in [-0.2, 0) is 0 Å². The number of nitrogen functional groups attached to an aromatic ring is 1. The van der Waals surface area contributed by atoms with Crippen LogP contribution in [0.25, 0.3) is 22.2 Å². The predicted molar refractivity (Wildman–Crippen MR) is 114 cm³/mol. The first-order valence-corrected chi connectivity index (χ1v) is 9.14. The van der Waals surface area contributed by atoms with Crippen LogP contribution in [0.1, 0.15) is 10.4 Å². The van der Waals surface area contributed by atoms with Crippen molar-refractivity contribution in [3.8, 4) is 11.3 Å². The number of carbonyl (C=O) groups excluding carboxylic acids is 1. The number of benzene rings is 2. The van der Waals surface area contributed by atoms with E-state index < -0.39 is 0 Å². The molecule has 28 heavy (non-hydrogen) atoms. The summed E-state index contributed by atoms with van der Waals surface area (Å²) in [5.74, 6) is -0.300. The van der Waals surface area contributed by atoms with Gasteiger partial charge in [-0.05, 0) is 36.4 Å². The molecule has 3 N–H and O–H groups in total. The Hall–Kier alpha value is -3.15. The van der Waals surface area contributed by atoms with Crippen molar-refractivity contribution in [1.82, 2.24) is 9.97 Å². The Balaban J connectivity index is 1.80. The van der Waals surface area contributed by atoms with Crippen molar-refractivity contribution in [3.05, 3.63) is 82.6 Å². The molecule has 7 heteroatoms. The van der Waals surface area contributed by atoms with Gasteiger partial charge in [0.15, 0.2) is 0 Å². The summed E-state index contributed by atoms with van der Waals surface area (Å²) in [5, 5.41) is 4.13. The second kappa shape index (κ2) is 7.46. The Labute approximate surface area is 171 Å². The smallest absolute Gasteiger partial charge is 0.256 e. The molecule has 0 aliphatic carbocycles. The first-order valence-electron chi connectivity index (χ1n) is 8.39. The normalized spacial score (nSPS) is 10.8. The highest BCUT2D eigenvalue weighted by atomic mass is 35.5. The van der Waals surface area contributed by atoms with E-state index in [-0.39, 0.29) is 21.6 Å². The summed E-state index contributed by atoms with van der Waals surface area (Å²) in [7, 11) is 0. The van der Waals surface area contributed by atoms with E-state index in [4.69, 9.17) is 28.9 Å². The van der Waals surface area contributed by atoms with Crippen LogP contribution >= 0.6 is 23.2 Å². The number of pyridine rings is 2. The van der Waals surface area contributed by atoms with Gasteiger partial charge < -0.3 is 11.1 Å². The number of aromatic nitrogens is 2. The van der Waals surface area contributed by atoms with E-state index in [2.05, 4.69) is 15.3 Å². The minimum Gasteiger partial charge on any atom is -0.396 e. The zero-order chi connectivity index (χ0) is 19.7. The molecule has 2 heterocycles. The number of anilines is 2. The van der Waals surface area contributed by atoms with Crippen molar-refractivity contribution in [2.45, 2.75) is 0 Å². The number of rotatable bonds is 3. The maximum atomic E-state index is 13.1. The van der Waals surface area contributed by atoms with Gasteiger partial charge in [-0.15, -0.1) is 0 Å². The first kappa shape index (κ1) is 18.2. The van der Waals surface area contributed by atoms with Crippen molar-refractivity contribution in [3.63, 3.8) is 0 Å². The zero-order valence-corrected chi connectivity index (χ0v) is 16.0. The second-order valence-corrected chi connectivity index (χ2v) is 6.93. The van der Waals surface area contributed by atoms with E-state index in [9.17, 15) is 4.79 Å². The van der Waals surface area contributed by atoms with Crippen molar-refractivity contribution in [1.29, 1.82) is 0 Å². The van der Waals surface area contributed by atoms with Gasteiger partial charge in [0.25, 0.3) is 5.91 Å². The third-order valence-corrected chi connectivity index (χ3v) is 4.90. The third-order valence-electron chi connectivity index (χ3n) is 4.27. The van der Waals surface area contributed by atoms with Gasteiger partial charge >= 0.3 is 0 Å². The molecule has 4 rings (SSSR count). The number of hydrogen-bond acceptors (Lipinski definition) is 4. The van der Waals surface area contributed by atoms with Gasteiger partial charge in [0, 0.05) is 29.0 Å². The fourth-order valence-electron chi connectivity index (χ4n) is 2.89. The molecule has 0 aliphatic heterocycles.